The van der Waals surface area contributed by atoms with Crippen LogP contribution in [-0.2, 0) is 4.79 Å². The van der Waals surface area contributed by atoms with E-state index in [1.165, 1.54) is 5.56 Å². The van der Waals surface area contributed by atoms with Crippen LogP contribution in [0.4, 0.5) is 0 Å². The second-order valence-corrected chi connectivity index (χ2v) is 2.50. The maximum absolute atomic E-state index is 9.86. The highest BCUT2D eigenvalue weighted by molar-refractivity contribution is 5.52. The Bertz CT molecular complexity index is 249. The van der Waals surface area contributed by atoms with Crippen LogP contribution in [0.25, 0.3) is 6.08 Å². The van der Waals surface area contributed by atoms with E-state index < -0.39 is 0 Å². The van der Waals surface area contributed by atoms with Gasteiger partial charge in [-0.2, -0.15) is 0 Å². The van der Waals surface area contributed by atoms with Crippen molar-refractivity contribution in [3.05, 3.63) is 42.0 Å². The molecule has 1 aromatic carbocycles. The van der Waals surface area contributed by atoms with E-state index in [2.05, 4.69) is 0 Å². The summed E-state index contributed by atoms with van der Waals surface area (Å²) in [7, 11) is 0. The molecule has 0 saturated carbocycles. The molecule has 0 spiro atoms. The minimum absolute atomic E-state index is 0.489. The summed E-state index contributed by atoms with van der Waals surface area (Å²) >= 11 is 0. The van der Waals surface area contributed by atoms with Gasteiger partial charge in [-0.3, -0.25) is 4.79 Å². The predicted octanol–water partition coefficient (Wildman–Crippen LogP) is 2.59. The first-order valence-electron chi connectivity index (χ1n) is 4.00. The van der Waals surface area contributed by atoms with E-state index in [9.17, 15) is 4.79 Å². The minimum Gasteiger partial charge on any atom is -0.291 e. The summed E-state index contributed by atoms with van der Waals surface area (Å²) in [6.45, 7) is 0. The van der Waals surface area contributed by atoms with Gasteiger partial charge in [0.25, 0.3) is 0 Å². The van der Waals surface area contributed by atoms with Gasteiger partial charge in [-0.15, -0.1) is 0 Å². The molecule has 0 fully saturated rings. The van der Waals surface area contributed by atoms with Gasteiger partial charge >= 0.3 is 0 Å². The Morgan fingerprint density at radius 2 is 2.00 bits per heavy atom. The zero-order chi connectivity index (χ0) is 8.65. The number of benzene rings is 1. The van der Waals surface area contributed by atoms with Crippen LogP contribution >= 0.6 is 0 Å². The topological polar surface area (TPSA) is 17.1 Å². The number of allylic oxidation sites excluding steroid dienone is 1. The SMILES string of the molecule is O=[C]CC/C=C/c1ccccc1. The molecule has 61 valence electrons. The molecule has 1 aromatic rings. The fourth-order valence-corrected chi connectivity index (χ4v) is 0.926. The zero-order valence-electron chi connectivity index (χ0n) is 6.86. The van der Waals surface area contributed by atoms with Crippen LogP contribution in [0.15, 0.2) is 36.4 Å². The van der Waals surface area contributed by atoms with Crippen molar-refractivity contribution in [2.75, 3.05) is 0 Å². The molecule has 0 aliphatic rings. The lowest BCUT2D eigenvalue weighted by Gasteiger charge is -1.89. The molecule has 0 bridgehead atoms. The van der Waals surface area contributed by atoms with Crippen LogP contribution < -0.4 is 0 Å². The van der Waals surface area contributed by atoms with Crippen LogP contribution in [0.2, 0.25) is 0 Å². The molecule has 1 heteroatoms. The van der Waals surface area contributed by atoms with Crippen LogP contribution in [0.5, 0.6) is 0 Å². The number of hydrogen-bond donors (Lipinski definition) is 0. The van der Waals surface area contributed by atoms with Gasteiger partial charge in [0.15, 0.2) is 6.29 Å². The van der Waals surface area contributed by atoms with Crippen LogP contribution in [0, 0.1) is 0 Å². The fraction of sp³-hybridized carbons (Fsp3) is 0.182. The number of carbonyl (C=O) groups excluding carboxylic acids is 1. The van der Waals surface area contributed by atoms with E-state index in [4.69, 9.17) is 0 Å². The molecule has 1 rings (SSSR count). The standard InChI is InChI=1S/C11H11O/c12-10-6-2-5-9-11-7-3-1-4-8-11/h1,3-5,7-9H,2,6H2/b9-5+. The largest absolute Gasteiger partial charge is 0.291 e. The molecular formula is C11H11O. The van der Waals surface area contributed by atoms with Crippen molar-refractivity contribution < 1.29 is 4.79 Å². The Morgan fingerprint density at radius 1 is 1.25 bits per heavy atom. The highest BCUT2D eigenvalue weighted by atomic mass is 16.1. The average molecular weight is 159 g/mol. The zero-order valence-corrected chi connectivity index (χ0v) is 6.86. The summed E-state index contributed by atoms with van der Waals surface area (Å²) in [4.78, 5) is 9.86. The molecule has 1 nitrogen and oxygen atoms in total. The molecule has 12 heavy (non-hydrogen) atoms. The average Bonchev–Trinajstić information content (AvgIpc) is 2.14. The highest BCUT2D eigenvalue weighted by Crippen LogP contribution is 2.01. The van der Waals surface area contributed by atoms with E-state index in [1.807, 2.05) is 48.8 Å². The fourth-order valence-electron chi connectivity index (χ4n) is 0.926. The first-order valence-corrected chi connectivity index (χ1v) is 4.00. The Balaban J connectivity index is 2.41. The van der Waals surface area contributed by atoms with E-state index in [1.54, 1.807) is 0 Å². The van der Waals surface area contributed by atoms with Crippen molar-refractivity contribution in [1.82, 2.24) is 0 Å². The molecule has 0 N–H and O–H groups in total. The second kappa shape index (κ2) is 5.30. The van der Waals surface area contributed by atoms with Gasteiger partial charge in [0.05, 0.1) is 0 Å². The second-order valence-electron chi connectivity index (χ2n) is 2.50. The lowest BCUT2D eigenvalue weighted by Crippen LogP contribution is -1.71. The van der Waals surface area contributed by atoms with E-state index in [0.717, 1.165) is 6.42 Å². The van der Waals surface area contributed by atoms with Gasteiger partial charge in [0.2, 0.25) is 0 Å². The van der Waals surface area contributed by atoms with Crippen molar-refractivity contribution in [1.29, 1.82) is 0 Å². The third kappa shape index (κ3) is 3.15. The van der Waals surface area contributed by atoms with Gasteiger partial charge in [0, 0.05) is 6.42 Å². The Labute approximate surface area is 72.7 Å². The molecule has 0 aliphatic carbocycles. The van der Waals surface area contributed by atoms with Gasteiger partial charge in [-0.1, -0.05) is 42.5 Å². The minimum atomic E-state index is 0.489. The summed E-state index contributed by atoms with van der Waals surface area (Å²) in [5.74, 6) is 0. The van der Waals surface area contributed by atoms with Crippen molar-refractivity contribution in [3.63, 3.8) is 0 Å². The smallest absolute Gasteiger partial charge is 0.198 e. The number of hydrogen-bond acceptors (Lipinski definition) is 1. The van der Waals surface area contributed by atoms with Crippen LogP contribution in [-0.4, -0.2) is 6.29 Å². The molecule has 0 unspecified atom stereocenters. The summed E-state index contributed by atoms with van der Waals surface area (Å²) in [6.07, 6.45) is 7.12. The summed E-state index contributed by atoms with van der Waals surface area (Å²) < 4.78 is 0. The normalized spacial score (nSPS) is 10.3. The monoisotopic (exact) mass is 159 g/mol. The molecule has 0 aromatic heterocycles. The first kappa shape index (κ1) is 8.72. The Hall–Kier alpha value is -1.37. The van der Waals surface area contributed by atoms with Gasteiger partial charge in [-0.05, 0) is 12.0 Å². The quantitative estimate of drug-likeness (QED) is 0.617. The Kier molecular flexibility index (Phi) is 3.86. The molecule has 0 saturated heterocycles. The van der Waals surface area contributed by atoms with Crippen molar-refractivity contribution >= 4 is 12.4 Å². The Morgan fingerprint density at radius 3 is 2.67 bits per heavy atom. The summed E-state index contributed by atoms with van der Waals surface area (Å²) in [6, 6.07) is 10.0. The lowest BCUT2D eigenvalue weighted by atomic mass is 10.2. The van der Waals surface area contributed by atoms with Crippen molar-refractivity contribution in [2.24, 2.45) is 0 Å². The molecule has 0 atom stereocenters. The predicted molar refractivity (Wildman–Crippen MR) is 50.4 cm³/mol. The van der Waals surface area contributed by atoms with Crippen LogP contribution in [0.1, 0.15) is 18.4 Å². The van der Waals surface area contributed by atoms with Gasteiger partial charge in [-0.25, -0.2) is 0 Å². The molecule has 0 amide bonds. The highest BCUT2D eigenvalue weighted by Gasteiger charge is 1.82. The third-order valence-corrected chi connectivity index (χ3v) is 1.52. The number of unbranched alkanes of at least 4 members (excludes halogenated alkanes) is 1. The maximum atomic E-state index is 9.86. The van der Waals surface area contributed by atoms with Crippen molar-refractivity contribution in [2.45, 2.75) is 12.8 Å². The maximum Gasteiger partial charge on any atom is 0.198 e. The van der Waals surface area contributed by atoms with Crippen molar-refractivity contribution in [3.8, 4) is 0 Å². The summed E-state index contributed by atoms with van der Waals surface area (Å²) in [5, 5.41) is 0. The molecule has 0 aliphatic heterocycles. The van der Waals surface area contributed by atoms with Gasteiger partial charge in [0.1, 0.15) is 0 Å². The molecular weight excluding hydrogens is 148 g/mol. The van der Waals surface area contributed by atoms with E-state index in [0.29, 0.717) is 6.42 Å². The van der Waals surface area contributed by atoms with E-state index >= 15 is 0 Å². The van der Waals surface area contributed by atoms with Gasteiger partial charge < -0.3 is 0 Å². The third-order valence-electron chi connectivity index (χ3n) is 1.52. The summed E-state index contributed by atoms with van der Waals surface area (Å²) in [5.41, 5.74) is 1.17. The molecule has 1 radical (unpaired) electrons. The lowest BCUT2D eigenvalue weighted by molar-refractivity contribution is 0.552. The van der Waals surface area contributed by atoms with Crippen LogP contribution in [0.3, 0.4) is 0 Å². The molecule has 0 heterocycles. The number of rotatable bonds is 4. The van der Waals surface area contributed by atoms with E-state index in [-0.39, 0.29) is 0 Å². The first-order chi connectivity index (χ1) is 5.93.